The molecule has 1 N–H and O–H groups in total. The molecule has 0 spiro atoms. The number of piperazine rings is 1. The summed E-state index contributed by atoms with van der Waals surface area (Å²) in [6.07, 6.45) is 3.01. The zero-order chi connectivity index (χ0) is 27.7. The number of nitrogens with zero attached hydrogens (tertiary/aromatic N) is 6. The van der Waals surface area contributed by atoms with Gasteiger partial charge in [-0.25, -0.2) is 0 Å². The van der Waals surface area contributed by atoms with Crippen molar-refractivity contribution in [3.05, 3.63) is 52.7 Å². The summed E-state index contributed by atoms with van der Waals surface area (Å²) in [4.78, 5) is 27.5. The molecule has 0 atom stereocenters. The molecule has 2 aromatic carbocycles. The predicted octanol–water partition coefficient (Wildman–Crippen LogP) is 4.69. The van der Waals surface area contributed by atoms with Crippen LogP contribution in [0.15, 0.2) is 37.1 Å². The smallest absolute Gasteiger partial charge is 0.319 e. The van der Waals surface area contributed by atoms with E-state index in [1.54, 1.807) is 17.2 Å². The molecule has 0 bridgehead atoms. The highest BCUT2D eigenvalue weighted by Crippen LogP contribution is 2.42. The highest BCUT2D eigenvalue weighted by molar-refractivity contribution is 6.34. The molecule has 0 unspecified atom stereocenters. The fraction of sp³-hybridized carbons (Fsp3) is 0.333. The van der Waals surface area contributed by atoms with E-state index in [9.17, 15) is 4.79 Å². The van der Waals surface area contributed by atoms with Crippen LogP contribution in [0.3, 0.4) is 0 Å². The first-order chi connectivity index (χ1) is 18.7. The van der Waals surface area contributed by atoms with Crippen molar-refractivity contribution >= 4 is 56.7 Å². The minimum atomic E-state index is -0.0887. The summed E-state index contributed by atoms with van der Waals surface area (Å²) in [6.45, 7) is 8.82. The lowest BCUT2D eigenvalue weighted by molar-refractivity contribution is -0.126. The number of H-pyrrole nitrogens is 1. The summed E-state index contributed by atoms with van der Waals surface area (Å²) in [5.41, 5.74) is 2.17. The van der Waals surface area contributed by atoms with Crippen LogP contribution < -0.4 is 14.4 Å². The van der Waals surface area contributed by atoms with Crippen LogP contribution in [0.5, 0.6) is 17.5 Å². The number of aryl methyl sites for hydroxylation is 1. The Labute approximate surface area is 236 Å². The molecule has 1 aliphatic rings. The molecule has 0 saturated carbocycles. The van der Waals surface area contributed by atoms with Gasteiger partial charge in [0.05, 0.1) is 22.1 Å². The molecule has 5 rings (SSSR count). The van der Waals surface area contributed by atoms with Crippen molar-refractivity contribution in [3.63, 3.8) is 0 Å². The Morgan fingerprint density at radius 1 is 1.15 bits per heavy atom. The Morgan fingerprint density at radius 3 is 2.64 bits per heavy atom. The Morgan fingerprint density at radius 2 is 1.92 bits per heavy atom. The van der Waals surface area contributed by atoms with Gasteiger partial charge in [-0.2, -0.15) is 15.1 Å². The van der Waals surface area contributed by atoms with E-state index in [1.807, 2.05) is 38.1 Å². The lowest BCUT2D eigenvalue weighted by Gasteiger charge is -2.35. The fourth-order valence-electron chi connectivity index (χ4n) is 4.48. The van der Waals surface area contributed by atoms with Crippen LogP contribution in [0.4, 0.5) is 5.82 Å². The third kappa shape index (κ3) is 5.59. The maximum absolute atomic E-state index is 12.1. The summed E-state index contributed by atoms with van der Waals surface area (Å²) in [5.74, 6) is 1.43. The van der Waals surface area contributed by atoms with E-state index in [-0.39, 0.29) is 11.9 Å². The number of carbonyl (C=O) groups is 1. The number of nitrogens with one attached hydrogen (secondary N) is 1. The molecule has 1 saturated heterocycles. The normalized spacial score (nSPS) is 13.9. The number of ether oxygens (including phenoxy) is 2. The second-order valence-electron chi connectivity index (χ2n) is 9.57. The lowest BCUT2D eigenvalue weighted by Crippen LogP contribution is -2.48. The first-order valence-electron chi connectivity index (χ1n) is 12.5. The number of hydrogen-bond acceptors (Lipinski definition) is 8. The third-order valence-electron chi connectivity index (χ3n) is 6.56. The monoisotopic (exact) mass is 569 g/mol. The summed E-state index contributed by atoms with van der Waals surface area (Å²) >= 11 is 13.3. The van der Waals surface area contributed by atoms with Crippen molar-refractivity contribution in [1.29, 1.82) is 0 Å². The van der Waals surface area contributed by atoms with Crippen LogP contribution in [0, 0.1) is 6.92 Å². The molecular weight excluding hydrogens is 541 g/mol. The number of benzene rings is 2. The Bertz CT molecular complexity index is 1550. The van der Waals surface area contributed by atoms with Gasteiger partial charge < -0.3 is 24.2 Å². The summed E-state index contributed by atoms with van der Waals surface area (Å²) in [7, 11) is 3.94. The van der Waals surface area contributed by atoms with E-state index < -0.39 is 0 Å². The summed E-state index contributed by atoms with van der Waals surface area (Å²) in [6, 6.07) is 5.66. The predicted molar refractivity (Wildman–Crippen MR) is 154 cm³/mol. The Balaban J connectivity index is 1.60. The van der Waals surface area contributed by atoms with Gasteiger partial charge in [0, 0.05) is 49.2 Å². The highest BCUT2D eigenvalue weighted by atomic mass is 35.5. The molecule has 204 valence electrons. The molecule has 2 aromatic heterocycles. The van der Waals surface area contributed by atoms with Gasteiger partial charge in [-0.1, -0.05) is 29.8 Å². The molecule has 1 aliphatic heterocycles. The standard InChI is InChI=1S/C27H29Cl2N7O3/c1-5-22(37)35-6-8-36(9-7-35)26-18-13-17(28)14-21(24(18)31-27(32-26)38-11-10-34(3)4)39-25-19-15-30-33-20(19)12-16(2)23(25)29/h5,12-15H,1,6-11H2,2-4H3,(H,30,33). The van der Waals surface area contributed by atoms with Crippen LogP contribution in [0.25, 0.3) is 21.8 Å². The van der Waals surface area contributed by atoms with E-state index in [0.29, 0.717) is 77.6 Å². The molecule has 4 aromatic rings. The van der Waals surface area contributed by atoms with Crippen LogP contribution in [-0.4, -0.2) is 89.3 Å². The van der Waals surface area contributed by atoms with Gasteiger partial charge in [0.1, 0.15) is 17.9 Å². The highest BCUT2D eigenvalue weighted by Gasteiger charge is 2.25. The van der Waals surface area contributed by atoms with Crippen LogP contribution in [0.2, 0.25) is 10.0 Å². The third-order valence-corrected chi connectivity index (χ3v) is 7.24. The van der Waals surface area contributed by atoms with Crippen LogP contribution in [-0.2, 0) is 4.79 Å². The van der Waals surface area contributed by atoms with Gasteiger partial charge in [-0.15, -0.1) is 0 Å². The van der Waals surface area contributed by atoms with Crippen LogP contribution in [0.1, 0.15) is 5.56 Å². The number of aromatic nitrogens is 4. The molecule has 3 heterocycles. The summed E-state index contributed by atoms with van der Waals surface area (Å²) in [5, 5.41) is 9.47. The van der Waals surface area contributed by atoms with Gasteiger partial charge in [0.15, 0.2) is 11.5 Å². The van der Waals surface area contributed by atoms with Gasteiger partial charge in [0.2, 0.25) is 5.91 Å². The zero-order valence-corrected chi connectivity index (χ0v) is 23.5. The van der Waals surface area contributed by atoms with E-state index in [4.69, 9.17) is 42.6 Å². The molecular formula is C27H29Cl2N7O3. The molecule has 10 nitrogen and oxygen atoms in total. The summed E-state index contributed by atoms with van der Waals surface area (Å²) < 4.78 is 12.4. The Kier molecular flexibility index (Phi) is 7.79. The SMILES string of the molecule is C=CC(=O)N1CCN(c2nc(OCCN(C)C)nc3c(Oc4c(Cl)c(C)cc5[nH]ncc45)cc(Cl)cc23)CC1. The number of aromatic amines is 1. The second-order valence-corrected chi connectivity index (χ2v) is 10.4. The molecule has 0 radical (unpaired) electrons. The van der Waals surface area contributed by atoms with Gasteiger partial charge in [-0.05, 0) is 44.8 Å². The van der Waals surface area contributed by atoms with Crippen molar-refractivity contribution < 1.29 is 14.3 Å². The average molecular weight is 570 g/mol. The van der Waals surface area contributed by atoms with E-state index in [2.05, 4.69) is 21.7 Å². The zero-order valence-electron chi connectivity index (χ0n) is 22.0. The number of amides is 1. The number of likely N-dealkylation sites (N-methyl/N-ethyl adjacent to an activating group) is 1. The minimum Gasteiger partial charge on any atom is -0.462 e. The van der Waals surface area contributed by atoms with Crippen molar-refractivity contribution in [2.75, 3.05) is 58.3 Å². The first-order valence-corrected chi connectivity index (χ1v) is 13.3. The number of hydrogen-bond donors (Lipinski definition) is 1. The first kappa shape index (κ1) is 27.0. The molecule has 1 amide bonds. The largest absolute Gasteiger partial charge is 0.462 e. The van der Waals surface area contributed by atoms with Crippen LogP contribution >= 0.6 is 23.2 Å². The van der Waals surface area contributed by atoms with E-state index in [0.717, 1.165) is 16.5 Å². The maximum atomic E-state index is 12.1. The minimum absolute atomic E-state index is 0.0887. The maximum Gasteiger partial charge on any atom is 0.319 e. The molecule has 39 heavy (non-hydrogen) atoms. The fourth-order valence-corrected chi connectivity index (χ4v) is 4.88. The van der Waals surface area contributed by atoms with Crippen molar-refractivity contribution in [1.82, 2.24) is 30.0 Å². The number of fused-ring (bicyclic) bond motifs is 2. The lowest BCUT2D eigenvalue weighted by atomic mass is 10.1. The molecule has 1 fully saturated rings. The van der Waals surface area contributed by atoms with E-state index in [1.165, 1.54) is 6.08 Å². The number of rotatable bonds is 8. The van der Waals surface area contributed by atoms with Gasteiger partial charge >= 0.3 is 6.01 Å². The topological polar surface area (TPSA) is 99.7 Å². The van der Waals surface area contributed by atoms with Gasteiger partial charge in [0.25, 0.3) is 0 Å². The number of halogens is 2. The van der Waals surface area contributed by atoms with Gasteiger partial charge in [-0.3, -0.25) is 9.89 Å². The number of carbonyl (C=O) groups excluding carboxylic acids is 1. The molecule has 12 heteroatoms. The van der Waals surface area contributed by atoms with Crippen molar-refractivity contribution in [2.45, 2.75) is 6.92 Å². The quantitative estimate of drug-likeness (QED) is 0.305. The Hall–Kier alpha value is -3.60. The number of anilines is 1. The average Bonchev–Trinajstić information content (AvgIpc) is 3.38. The second kappa shape index (κ2) is 11.3. The van der Waals surface area contributed by atoms with Crippen molar-refractivity contribution in [3.8, 4) is 17.5 Å². The molecule has 0 aliphatic carbocycles. The van der Waals surface area contributed by atoms with Crippen molar-refractivity contribution in [2.24, 2.45) is 0 Å². The van der Waals surface area contributed by atoms with E-state index >= 15 is 0 Å².